The molecule has 5 heteroatoms. The number of carbonyl (C=O) groups is 1. The average molecular weight is 380 g/mol. The standard InChI is InChI=1S/C23H25FN2O2/c1-16-20(14-25-13-12-18-8-4-3-5-9-18)22(23(27)28)17(2)26(16)15-19-10-6-7-11-21(19)24/h3-11,25H,12-15H2,1-2H3,(H,27,28). The van der Waals surface area contributed by atoms with Crippen molar-refractivity contribution in [3.05, 3.63) is 94.1 Å². The van der Waals surface area contributed by atoms with E-state index in [0.29, 0.717) is 29.9 Å². The Balaban J connectivity index is 1.78. The van der Waals surface area contributed by atoms with E-state index in [1.54, 1.807) is 25.1 Å². The van der Waals surface area contributed by atoms with Crippen LogP contribution in [0.1, 0.15) is 38.4 Å². The van der Waals surface area contributed by atoms with Crippen LogP contribution in [0.2, 0.25) is 0 Å². The highest BCUT2D eigenvalue weighted by atomic mass is 19.1. The van der Waals surface area contributed by atoms with Crippen LogP contribution in [-0.2, 0) is 19.5 Å². The quantitative estimate of drug-likeness (QED) is 0.572. The van der Waals surface area contributed by atoms with Gasteiger partial charge < -0.3 is 15.0 Å². The molecule has 0 radical (unpaired) electrons. The van der Waals surface area contributed by atoms with Crippen molar-refractivity contribution in [2.45, 2.75) is 33.4 Å². The van der Waals surface area contributed by atoms with Gasteiger partial charge in [-0.05, 0) is 38.4 Å². The van der Waals surface area contributed by atoms with Gasteiger partial charge in [-0.1, -0.05) is 48.5 Å². The third-order valence-corrected chi connectivity index (χ3v) is 5.15. The SMILES string of the molecule is Cc1c(CNCCc2ccccc2)c(C(=O)O)c(C)n1Cc1ccccc1F. The van der Waals surface area contributed by atoms with Gasteiger partial charge in [0.15, 0.2) is 0 Å². The first-order valence-electron chi connectivity index (χ1n) is 9.39. The van der Waals surface area contributed by atoms with Gasteiger partial charge in [-0.15, -0.1) is 0 Å². The Labute approximate surface area is 164 Å². The molecular formula is C23H25FN2O2. The maximum Gasteiger partial charge on any atom is 0.337 e. The fourth-order valence-corrected chi connectivity index (χ4v) is 3.57. The molecular weight excluding hydrogens is 355 g/mol. The van der Waals surface area contributed by atoms with E-state index in [9.17, 15) is 14.3 Å². The maximum absolute atomic E-state index is 14.1. The Hall–Kier alpha value is -2.92. The zero-order valence-corrected chi connectivity index (χ0v) is 16.2. The molecule has 0 saturated carbocycles. The molecule has 0 spiro atoms. The molecule has 0 aliphatic rings. The monoisotopic (exact) mass is 380 g/mol. The van der Waals surface area contributed by atoms with Crippen LogP contribution in [0.3, 0.4) is 0 Å². The second-order valence-electron chi connectivity index (χ2n) is 6.92. The van der Waals surface area contributed by atoms with Gasteiger partial charge in [0.25, 0.3) is 0 Å². The number of aromatic carboxylic acids is 1. The van der Waals surface area contributed by atoms with Crippen LogP contribution in [0.4, 0.5) is 4.39 Å². The van der Waals surface area contributed by atoms with Gasteiger partial charge in [0.2, 0.25) is 0 Å². The van der Waals surface area contributed by atoms with Crippen molar-refractivity contribution < 1.29 is 14.3 Å². The summed E-state index contributed by atoms with van der Waals surface area (Å²) in [6, 6.07) is 16.7. The molecule has 28 heavy (non-hydrogen) atoms. The van der Waals surface area contributed by atoms with Crippen molar-refractivity contribution in [2.24, 2.45) is 0 Å². The van der Waals surface area contributed by atoms with E-state index in [2.05, 4.69) is 17.4 Å². The lowest BCUT2D eigenvalue weighted by atomic mass is 10.1. The smallest absolute Gasteiger partial charge is 0.337 e. The minimum Gasteiger partial charge on any atom is -0.478 e. The van der Waals surface area contributed by atoms with Crippen molar-refractivity contribution >= 4 is 5.97 Å². The van der Waals surface area contributed by atoms with Gasteiger partial charge >= 0.3 is 5.97 Å². The predicted molar refractivity (Wildman–Crippen MR) is 108 cm³/mol. The summed E-state index contributed by atoms with van der Waals surface area (Å²) >= 11 is 0. The highest BCUT2D eigenvalue weighted by Gasteiger charge is 2.22. The van der Waals surface area contributed by atoms with Crippen molar-refractivity contribution in [3.8, 4) is 0 Å². The number of halogens is 1. The predicted octanol–water partition coefficient (Wildman–Crippen LogP) is 4.32. The van der Waals surface area contributed by atoms with Gasteiger partial charge in [-0.25, -0.2) is 9.18 Å². The molecule has 0 aliphatic heterocycles. The molecule has 1 aromatic heterocycles. The maximum atomic E-state index is 14.1. The van der Waals surface area contributed by atoms with Crippen molar-refractivity contribution in [2.75, 3.05) is 6.54 Å². The Kier molecular flexibility index (Phi) is 6.26. The van der Waals surface area contributed by atoms with E-state index < -0.39 is 5.97 Å². The fraction of sp³-hybridized carbons (Fsp3) is 0.261. The normalized spacial score (nSPS) is 11.0. The number of benzene rings is 2. The highest BCUT2D eigenvalue weighted by molar-refractivity contribution is 5.91. The molecule has 0 atom stereocenters. The first kappa shape index (κ1) is 19.8. The average Bonchev–Trinajstić information content (AvgIpc) is 2.92. The fourth-order valence-electron chi connectivity index (χ4n) is 3.57. The van der Waals surface area contributed by atoms with Crippen molar-refractivity contribution in [1.82, 2.24) is 9.88 Å². The van der Waals surface area contributed by atoms with Crippen LogP contribution in [0.15, 0.2) is 54.6 Å². The Morgan fingerprint density at radius 3 is 2.39 bits per heavy atom. The van der Waals surface area contributed by atoms with Crippen LogP contribution >= 0.6 is 0 Å². The number of carboxylic acid groups (broad SMARTS) is 1. The number of nitrogens with zero attached hydrogens (tertiary/aromatic N) is 1. The van der Waals surface area contributed by atoms with Crippen LogP contribution in [0, 0.1) is 19.7 Å². The van der Waals surface area contributed by atoms with Gasteiger partial charge in [-0.2, -0.15) is 0 Å². The first-order chi connectivity index (χ1) is 13.5. The third-order valence-electron chi connectivity index (χ3n) is 5.15. The molecule has 2 aromatic carbocycles. The van der Waals surface area contributed by atoms with E-state index in [-0.39, 0.29) is 5.82 Å². The first-order valence-corrected chi connectivity index (χ1v) is 9.39. The topological polar surface area (TPSA) is 54.3 Å². The van der Waals surface area contributed by atoms with E-state index >= 15 is 0 Å². The Morgan fingerprint density at radius 2 is 1.71 bits per heavy atom. The highest BCUT2D eigenvalue weighted by Crippen LogP contribution is 2.24. The molecule has 3 aromatic rings. The third kappa shape index (κ3) is 4.31. The van der Waals surface area contributed by atoms with E-state index in [1.165, 1.54) is 11.6 Å². The lowest BCUT2D eigenvalue weighted by Gasteiger charge is -2.11. The Morgan fingerprint density at radius 1 is 1.04 bits per heavy atom. The van der Waals surface area contributed by atoms with Gasteiger partial charge in [0, 0.05) is 29.1 Å². The molecule has 0 amide bonds. The summed E-state index contributed by atoms with van der Waals surface area (Å²) in [5, 5.41) is 13.1. The van der Waals surface area contributed by atoms with Crippen molar-refractivity contribution in [3.63, 3.8) is 0 Å². The summed E-state index contributed by atoms with van der Waals surface area (Å²) < 4.78 is 16.0. The minimum absolute atomic E-state index is 0.283. The lowest BCUT2D eigenvalue weighted by Crippen LogP contribution is -2.18. The summed E-state index contributed by atoms with van der Waals surface area (Å²) in [7, 11) is 0. The van der Waals surface area contributed by atoms with Crippen LogP contribution in [0.25, 0.3) is 0 Å². The minimum atomic E-state index is -0.951. The van der Waals surface area contributed by atoms with Gasteiger partial charge in [0.1, 0.15) is 5.82 Å². The molecule has 0 fully saturated rings. The molecule has 2 N–H and O–H groups in total. The second kappa shape index (κ2) is 8.85. The summed E-state index contributed by atoms with van der Waals surface area (Å²) in [5.74, 6) is -1.23. The lowest BCUT2D eigenvalue weighted by molar-refractivity contribution is 0.0694. The zero-order valence-electron chi connectivity index (χ0n) is 16.2. The Bertz CT molecular complexity index is 964. The van der Waals surface area contributed by atoms with E-state index in [0.717, 1.165) is 24.2 Å². The molecule has 0 unspecified atom stereocenters. The molecule has 4 nitrogen and oxygen atoms in total. The number of hydrogen-bond donors (Lipinski definition) is 2. The molecule has 146 valence electrons. The van der Waals surface area contributed by atoms with Crippen molar-refractivity contribution in [1.29, 1.82) is 0 Å². The number of aromatic nitrogens is 1. The van der Waals surface area contributed by atoms with Gasteiger partial charge in [0.05, 0.1) is 12.1 Å². The molecule has 0 bridgehead atoms. The molecule has 3 rings (SSSR count). The summed E-state index contributed by atoms with van der Waals surface area (Å²) in [4.78, 5) is 11.9. The summed E-state index contributed by atoms with van der Waals surface area (Å²) in [5.41, 5.74) is 4.34. The summed E-state index contributed by atoms with van der Waals surface area (Å²) in [6.45, 7) is 5.21. The largest absolute Gasteiger partial charge is 0.478 e. The van der Waals surface area contributed by atoms with Crippen LogP contribution in [-0.4, -0.2) is 22.2 Å². The van der Waals surface area contributed by atoms with Gasteiger partial charge in [-0.3, -0.25) is 0 Å². The molecule has 1 heterocycles. The number of carboxylic acids is 1. The number of rotatable bonds is 8. The zero-order chi connectivity index (χ0) is 20.1. The molecule has 0 saturated heterocycles. The van der Waals surface area contributed by atoms with Crippen LogP contribution < -0.4 is 5.32 Å². The van der Waals surface area contributed by atoms with E-state index in [4.69, 9.17) is 0 Å². The number of nitrogens with one attached hydrogen (secondary N) is 1. The number of hydrogen-bond acceptors (Lipinski definition) is 2. The van der Waals surface area contributed by atoms with Crippen LogP contribution in [0.5, 0.6) is 0 Å². The summed E-state index contributed by atoms with van der Waals surface area (Å²) in [6.07, 6.45) is 0.872. The van der Waals surface area contributed by atoms with E-state index in [1.807, 2.05) is 29.7 Å². The molecule has 0 aliphatic carbocycles. The second-order valence-corrected chi connectivity index (χ2v) is 6.92.